The summed E-state index contributed by atoms with van der Waals surface area (Å²) in [6.45, 7) is 0.937. The van der Waals surface area contributed by atoms with E-state index in [0.29, 0.717) is 0 Å². The smallest absolute Gasteiger partial charge is 0.475 e. The summed E-state index contributed by atoms with van der Waals surface area (Å²) in [5.41, 5.74) is 7.38. The molecule has 6 rings (SSSR count). The van der Waals surface area contributed by atoms with Crippen molar-refractivity contribution < 1.29 is 27.9 Å². The third-order valence-corrected chi connectivity index (χ3v) is 7.57. The first-order valence-electron chi connectivity index (χ1n) is 13.0. The number of hydrogen-bond donors (Lipinski definition) is 2. The van der Waals surface area contributed by atoms with E-state index in [1.807, 2.05) is 30.1 Å². The van der Waals surface area contributed by atoms with Gasteiger partial charge in [-0.2, -0.15) is 18.3 Å². The number of H-pyrrole nitrogens is 1. The summed E-state index contributed by atoms with van der Waals surface area (Å²) in [4.78, 5) is 26.1. The predicted octanol–water partition coefficient (Wildman–Crippen LogP) is 5.83. The fourth-order valence-electron chi connectivity index (χ4n) is 5.54. The largest absolute Gasteiger partial charge is 0.490 e. The van der Waals surface area contributed by atoms with Crippen LogP contribution in [0.25, 0.3) is 23.1 Å². The molecule has 7 nitrogen and oxygen atoms in total. The number of alkyl halides is 3. The SMILES string of the molecule is CN(C)Cc1ccc(/C=C/c2n[nH]c3cc([C@@H]4C[C@@]45C(=O)N(C)c4ccccc45)ccc23)cc1.O=C(O)C(F)(F)F. The lowest BCUT2D eigenvalue weighted by molar-refractivity contribution is -0.192. The monoisotopic (exact) mass is 562 g/mol. The molecule has 0 saturated heterocycles. The van der Waals surface area contributed by atoms with Crippen molar-refractivity contribution in [2.45, 2.75) is 30.5 Å². The molecule has 41 heavy (non-hydrogen) atoms. The lowest BCUT2D eigenvalue weighted by Gasteiger charge is -2.11. The number of halogens is 3. The number of anilines is 1. The number of carboxylic acids is 1. The van der Waals surface area contributed by atoms with E-state index in [1.165, 1.54) is 11.1 Å². The van der Waals surface area contributed by atoms with Gasteiger partial charge < -0.3 is 14.9 Å². The zero-order valence-electron chi connectivity index (χ0n) is 22.7. The Morgan fingerprint density at radius 3 is 2.46 bits per heavy atom. The number of carbonyl (C=O) groups is 2. The highest BCUT2D eigenvalue weighted by atomic mass is 19.4. The van der Waals surface area contributed by atoms with Crippen molar-refractivity contribution in [2.75, 3.05) is 26.0 Å². The van der Waals surface area contributed by atoms with E-state index in [2.05, 4.69) is 89.9 Å². The minimum atomic E-state index is -5.08. The second kappa shape index (κ2) is 10.5. The molecule has 10 heteroatoms. The van der Waals surface area contributed by atoms with Gasteiger partial charge in [0, 0.05) is 30.6 Å². The van der Waals surface area contributed by atoms with Gasteiger partial charge in [-0.1, -0.05) is 60.7 Å². The van der Waals surface area contributed by atoms with Gasteiger partial charge in [0.15, 0.2) is 0 Å². The van der Waals surface area contributed by atoms with Crippen LogP contribution in [-0.4, -0.2) is 59.4 Å². The lowest BCUT2D eigenvalue weighted by Crippen LogP contribution is -2.29. The number of rotatable bonds is 5. The van der Waals surface area contributed by atoms with Gasteiger partial charge in [0.25, 0.3) is 0 Å². The number of benzene rings is 3. The molecule has 3 aromatic carbocycles. The Bertz CT molecular complexity index is 1640. The number of carbonyl (C=O) groups excluding carboxylic acids is 1. The molecule has 1 aliphatic carbocycles. The average Bonchev–Trinajstić information content (AvgIpc) is 3.51. The molecule has 0 radical (unpaired) electrons. The van der Waals surface area contributed by atoms with Crippen LogP contribution in [0.5, 0.6) is 0 Å². The minimum absolute atomic E-state index is 0.207. The van der Waals surface area contributed by atoms with Crippen LogP contribution >= 0.6 is 0 Å². The molecule has 0 bridgehead atoms. The van der Waals surface area contributed by atoms with Crippen molar-refractivity contribution in [1.29, 1.82) is 0 Å². The maximum Gasteiger partial charge on any atom is 0.490 e. The third kappa shape index (κ3) is 5.35. The van der Waals surface area contributed by atoms with Crippen LogP contribution in [0, 0.1) is 0 Å². The highest BCUT2D eigenvalue weighted by Gasteiger charge is 2.66. The van der Waals surface area contributed by atoms with E-state index in [1.54, 1.807) is 0 Å². The van der Waals surface area contributed by atoms with Gasteiger partial charge in [-0.15, -0.1) is 0 Å². The summed E-state index contributed by atoms with van der Waals surface area (Å²) in [6.07, 6.45) is -0.0595. The van der Waals surface area contributed by atoms with Crippen LogP contribution < -0.4 is 4.90 Å². The Morgan fingerprint density at radius 1 is 1.12 bits per heavy atom. The zero-order chi connectivity index (χ0) is 29.5. The number of nitrogens with one attached hydrogen (secondary N) is 1. The summed E-state index contributed by atoms with van der Waals surface area (Å²) in [6, 6.07) is 23.3. The topological polar surface area (TPSA) is 89.5 Å². The van der Waals surface area contributed by atoms with Crippen LogP contribution in [0.3, 0.4) is 0 Å². The van der Waals surface area contributed by atoms with Gasteiger partial charge in [0.2, 0.25) is 5.91 Å². The molecule has 1 aliphatic heterocycles. The van der Waals surface area contributed by atoms with E-state index in [-0.39, 0.29) is 11.8 Å². The van der Waals surface area contributed by atoms with Crippen molar-refractivity contribution in [1.82, 2.24) is 15.1 Å². The van der Waals surface area contributed by atoms with Crippen LogP contribution in [0.1, 0.15) is 40.3 Å². The molecule has 1 saturated carbocycles. The number of aromatic amines is 1. The van der Waals surface area contributed by atoms with Crippen molar-refractivity contribution in [3.8, 4) is 0 Å². The third-order valence-electron chi connectivity index (χ3n) is 7.57. The lowest BCUT2D eigenvalue weighted by atomic mass is 9.92. The minimum Gasteiger partial charge on any atom is -0.475 e. The van der Waals surface area contributed by atoms with Gasteiger partial charge >= 0.3 is 12.1 Å². The Kier molecular flexibility index (Phi) is 7.21. The second-order valence-corrected chi connectivity index (χ2v) is 10.6. The molecule has 4 aromatic rings. The summed E-state index contributed by atoms with van der Waals surface area (Å²) in [7, 11) is 6.04. The first kappa shape index (κ1) is 28.1. The number of amides is 1. The first-order valence-corrected chi connectivity index (χ1v) is 13.0. The van der Waals surface area contributed by atoms with Gasteiger partial charge in [0.05, 0.1) is 16.6 Å². The Balaban J connectivity index is 0.000000431. The number of aromatic nitrogens is 2. The molecule has 1 aromatic heterocycles. The molecular weight excluding hydrogens is 533 g/mol. The highest BCUT2D eigenvalue weighted by Crippen LogP contribution is 2.66. The predicted molar refractivity (Wildman–Crippen MR) is 151 cm³/mol. The number of fused-ring (bicyclic) bond motifs is 3. The quantitative estimate of drug-likeness (QED) is 0.320. The Hall–Kier alpha value is -4.44. The molecule has 0 unspecified atom stereocenters. The first-order chi connectivity index (χ1) is 19.4. The molecular formula is C31H29F3N4O3. The molecule has 2 heterocycles. The second-order valence-electron chi connectivity index (χ2n) is 10.6. The molecule has 2 atom stereocenters. The van der Waals surface area contributed by atoms with Gasteiger partial charge in [-0.05, 0) is 61.0 Å². The van der Waals surface area contributed by atoms with Crippen molar-refractivity contribution in [3.05, 3.63) is 94.7 Å². The molecule has 212 valence electrons. The normalized spacial score (nSPS) is 19.6. The van der Waals surface area contributed by atoms with E-state index in [4.69, 9.17) is 9.90 Å². The van der Waals surface area contributed by atoms with Gasteiger partial charge in [-0.3, -0.25) is 9.89 Å². The van der Waals surface area contributed by atoms with E-state index < -0.39 is 17.6 Å². The van der Waals surface area contributed by atoms with Crippen LogP contribution in [0.2, 0.25) is 0 Å². The van der Waals surface area contributed by atoms with Gasteiger partial charge in [-0.25, -0.2) is 4.79 Å². The molecule has 1 spiro atoms. The fraction of sp³-hybridized carbons (Fsp3) is 0.258. The number of carboxylic acid groups (broad SMARTS) is 1. The fourth-order valence-corrected chi connectivity index (χ4v) is 5.54. The van der Waals surface area contributed by atoms with Crippen LogP contribution in [-0.2, 0) is 21.5 Å². The van der Waals surface area contributed by atoms with Crippen molar-refractivity contribution >= 4 is 40.6 Å². The Labute approximate surface area is 234 Å². The van der Waals surface area contributed by atoms with Gasteiger partial charge in [0.1, 0.15) is 0 Å². The summed E-state index contributed by atoms with van der Waals surface area (Å²) in [5.74, 6) is -2.34. The van der Waals surface area contributed by atoms with E-state index >= 15 is 0 Å². The number of nitrogens with zero attached hydrogens (tertiary/aromatic N) is 3. The van der Waals surface area contributed by atoms with E-state index in [9.17, 15) is 18.0 Å². The molecule has 2 N–H and O–H groups in total. The zero-order valence-corrected chi connectivity index (χ0v) is 22.7. The number of likely N-dealkylation sites (N-methyl/N-ethyl adjacent to an activating group) is 1. The van der Waals surface area contributed by atoms with Crippen molar-refractivity contribution in [2.24, 2.45) is 0 Å². The number of hydrogen-bond acceptors (Lipinski definition) is 4. The van der Waals surface area contributed by atoms with E-state index in [0.717, 1.165) is 46.4 Å². The number of para-hydroxylation sites is 1. The van der Waals surface area contributed by atoms with Crippen LogP contribution in [0.4, 0.5) is 18.9 Å². The summed E-state index contributed by atoms with van der Waals surface area (Å²) < 4.78 is 31.7. The maximum absolute atomic E-state index is 13.2. The molecule has 1 fully saturated rings. The van der Waals surface area contributed by atoms with Crippen LogP contribution in [0.15, 0.2) is 66.7 Å². The number of aliphatic carboxylic acids is 1. The molecule has 1 amide bonds. The average molecular weight is 563 g/mol. The highest BCUT2D eigenvalue weighted by molar-refractivity contribution is 6.11. The standard InChI is InChI=1S/C29H28N4O.C2HF3O2/c1-32(2)18-20-10-8-19(9-11-20)12-15-25-22-14-13-21(16-26(22)31-30-25)24-17-29(24)23-6-4-5-7-27(23)33(3)28(29)34;3-2(4,5)1(6)7/h4-16,24H,17-18H2,1-3H3,(H,30,31);(H,6,7)/b15-12+;/t24-,29-;/m0./s1. The molecule has 2 aliphatic rings. The Morgan fingerprint density at radius 2 is 1.80 bits per heavy atom. The maximum atomic E-state index is 13.2. The van der Waals surface area contributed by atoms with Crippen molar-refractivity contribution in [3.63, 3.8) is 0 Å². The summed E-state index contributed by atoms with van der Waals surface area (Å²) in [5, 5.41) is 16.0. The summed E-state index contributed by atoms with van der Waals surface area (Å²) >= 11 is 0.